The number of aromatic nitrogens is 5. The van der Waals surface area contributed by atoms with Crippen LogP contribution in [0.15, 0.2) is 12.3 Å². The molecule has 1 atom stereocenters. The van der Waals surface area contributed by atoms with Gasteiger partial charge in [0.2, 0.25) is 0 Å². The predicted molar refractivity (Wildman–Crippen MR) is 92.3 cm³/mol. The molecular weight excluding hydrogens is 318 g/mol. The van der Waals surface area contributed by atoms with E-state index in [0.29, 0.717) is 24.7 Å². The molecule has 4 rings (SSSR count). The molecule has 0 radical (unpaired) electrons. The van der Waals surface area contributed by atoms with Crippen LogP contribution in [0.2, 0.25) is 0 Å². The number of nitrogens with zero attached hydrogens (tertiary/aromatic N) is 7. The summed E-state index contributed by atoms with van der Waals surface area (Å²) in [5.74, 6) is 2.53. The van der Waals surface area contributed by atoms with Gasteiger partial charge in [-0.15, -0.1) is 10.2 Å². The fourth-order valence-electron chi connectivity index (χ4n) is 3.92. The van der Waals surface area contributed by atoms with Crippen LogP contribution in [0.3, 0.4) is 0 Å². The smallest absolute Gasteiger partial charge is 0.274 e. The summed E-state index contributed by atoms with van der Waals surface area (Å²) in [6.45, 7) is 4.29. The van der Waals surface area contributed by atoms with E-state index in [4.69, 9.17) is 0 Å². The van der Waals surface area contributed by atoms with E-state index in [0.717, 1.165) is 37.7 Å². The number of amides is 1. The van der Waals surface area contributed by atoms with Gasteiger partial charge in [-0.1, -0.05) is 0 Å². The highest BCUT2D eigenvalue weighted by molar-refractivity contribution is 5.92. The predicted octanol–water partition coefficient (Wildman–Crippen LogP) is 0.519. The molecule has 4 heterocycles. The molecule has 1 amide bonds. The van der Waals surface area contributed by atoms with E-state index in [1.54, 1.807) is 16.9 Å². The lowest BCUT2D eigenvalue weighted by molar-refractivity contribution is 0.0751. The van der Waals surface area contributed by atoms with Crippen molar-refractivity contribution in [3.05, 3.63) is 29.6 Å². The van der Waals surface area contributed by atoms with Crippen LogP contribution in [0.25, 0.3) is 0 Å². The maximum atomic E-state index is 12.7. The van der Waals surface area contributed by atoms with Gasteiger partial charge in [0.05, 0.1) is 0 Å². The molecule has 2 aliphatic heterocycles. The normalized spacial score (nSPS) is 21.8. The van der Waals surface area contributed by atoms with Gasteiger partial charge in [-0.05, 0) is 32.5 Å². The molecule has 0 N–H and O–H groups in total. The van der Waals surface area contributed by atoms with Gasteiger partial charge >= 0.3 is 0 Å². The van der Waals surface area contributed by atoms with Gasteiger partial charge in [-0.3, -0.25) is 9.48 Å². The number of likely N-dealkylation sites (N-methyl/N-ethyl adjacent to an activating group) is 1. The van der Waals surface area contributed by atoms with Crippen LogP contribution in [-0.2, 0) is 20.0 Å². The molecule has 0 aromatic carbocycles. The largest absolute Gasteiger partial charge is 0.335 e. The highest BCUT2D eigenvalue weighted by Crippen LogP contribution is 2.26. The van der Waals surface area contributed by atoms with Crippen LogP contribution in [-0.4, -0.2) is 73.5 Å². The molecular formula is C17H25N7O. The van der Waals surface area contributed by atoms with E-state index in [9.17, 15) is 4.79 Å². The van der Waals surface area contributed by atoms with Crippen LogP contribution in [0, 0.1) is 0 Å². The first-order chi connectivity index (χ1) is 12.1. The lowest BCUT2D eigenvalue weighted by Gasteiger charge is -2.29. The maximum Gasteiger partial charge on any atom is 0.274 e. The second kappa shape index (κ2) is 6.59. The Kier molecular flexibility index (Phi) is 4.29. The molecule has 0 aliphatic carbocycles. The quantitative estimate of drug-likeness (QED) is 0.795. The van der Waals surface area contributed by atoms with Gasteiger partial charge < -0.3 is 14.4 Å². The van der Waals surface area contributed by atoms with E-state index in [1.807, 2.05) is 11.9 Å². The van der Waals surface area contributed by atoms with Crippen molar-refractivity contribution in [2.75, 3.05) is 33.2 Å². The fourth-order valence-corrected chi connectivity index (χ4v) is 3.92. The summed E-state index contributed by atoms with van der Waals surface area (Å²) in [6, 6.07) is 1.77. The number of carbonyl (C=O) groups is 1. The summed E-state index contributed by atoms with van der Waals surface area (Å²) in [5, 5.41) is 13.2. The lowest BCUT2D eigenvalue weighted by Crippen LogP contribution is -2.35. The second-order valence-electron chi connectivity index (χ2n) is 7.14. The molecule has 0 spiro atoms. The van der Waals surface area contributed by atoms with Gasteiger partial charge in [0.1, 0.15) is 17.3 Å². The Balaban J connectivity index is 1.50. The molecule has 25 heavy (non-hydrogen) atoms. The number of hydrogen-bond donors (Lipinski definition) is 0. The highest BCUT2D eigenvalue weighted by atomic mass is 16.2. The van der Waals surface area contributed by atoms with Crippen molar-refractivity contribution in [2.24, 2.45) is 7.05 Å². The molecule has 2 aromatic rings. The van der Waals surface area contributed by atoms with Crippen molar-refractivity contribution < 1.29 is 4.79 Å². The van der Waals surface area contributed by atoms with E-state index < -0.39 is 0 Å². The van der Waals surface area contributed by atoms with Crippen molar-refractivity contribution in [1.29, 1.82) is 0 Å². The van der Waals surface area contributed by atoms with E-state index in [2.05, 4.69) is 31.8 Å². The monoisotopic (exact) mass is 343 g/mol. The van der Waals surface area contributed by atoms with Crippen molar-refractivity contribution >= 4 is 5.91 Å². The third-order valence-corrected chi connectivity index (χ3v) is 5.26. The first kappa shape index (κ1) is 16.3. The van der Waals surface area contributed by atoms with Crippen molar-refractivity contribution in [2.45, 2.75) is 31.7 Å². The Morgan fingerprint density at radius 2 is 2.04 bits per heavy atom. The van der Waals surface area contributed by atoms with E-state index in [1.165, 1.54) is 12.8 Å². The Morgan fingerprint density at radius 1 is 1.16 bits per heavy atom. The van der Waals surface area contributed by atoms with Crippen LogP contribution in [0.1, 0.15) is 40.9 Å². The average molecular weight is 343 g/mol. The SMILES string of the molecule is CN1CCCC(c2nnc3n2CCN(C(=O)c2ccn(C)n2)CC3)C1. The molecule has 1 fully saturated rings. The number of piperidine rings is 1. The summed E-state index contributed by atoms with van der Waals surface area (Å²) < 4.78 is 3.91. The summed E-state index contributed by atoms with van der Waals surface area (Å²) in [6.07, 6.45) is 4.92. The molecule has 8 nitrogen and oxygen atoms in total. The van der Waals surface area contributed by atoms with Crippen molar-refractivity contribution in [3.8, 4) is 0 Å². The minimum absolute atomic E-state index is 0.00161. The molecule has 0 bridgehead atoms. The molecule has 8 heteroatoms. The number of aryl methyl sites for hydroxylation is 1. The summed E-state index contributed by atoms with van der Waals surface area (Å²) in [7, 11) is 3.99. The number of carbonyl (C=O) groups excluding carboxylic acids is 1. The third kappa shape index (κ3) is 3.18. The van der Waals surface area contributed by atoms with Crippen LogP contribution in [0.5, 0.6) is 0 Å². The zero-order valence-electron chi connectivity index (χ0n) is 14.9. The Hall–Kier alpha value is -2.22. The molecule has 134 valence electrons. The summed E-state index contributed by atoms with van der Waals surface area (Å²) >= 11 is 0. The topological polar surface area (TPSA) is 72.1 Å². The highest BCUT2D eigenvalue weighted by Gasteiger charge is 2.28. The zero-order valence-corrected chi connectivity index (χ0v) is 14.9. The minimum Gasteiger partial charge on any atom is -0.335 e. The average Bonchev–Trinajstić information content (AvgIpc) is 3.15. The van der Waals surface area contributed by atoms with Gasteiger partial charge in [-0.25, -0.2) is 0 Å². The van der Waals surface area contributed by atoms with Gasteiger partial charge in [0.15, 0.2) is 0 Å². The second-order valence-corrected chi connectivity index (χ2v) is 7.14. The molecule has 1 unspecified atom stereocenters. The number of likely N-dealkylation sites (tertiary alicyclic amines) is 1. The third-order valence-electron chi connectivity index (χ3n) is 5.26. The van der Waals surface area contributed by atoms with Gasteiger partial charge in [0.25, 0.3) is 5.91 Å². The molecule has 0 saturated carbocycles. The Labute approximate surface area is 147 Å². The van der Waals surface area contributed by atoms with E-state index in [-0.39, 0.29) is 5.91 Å². The minimum atomic E-state index is -0.00161. The van der Waals surface area contributed by atoms with E-state index >= 15 is 0 Å². The standard InChI is InChI=1S/C17H25N7O/c1-21-7-3-4-13(12-21)16-19-18-15-6-9-23(10-11-24(15)16)17(25)14-5-8-22(2)20-14/h5,8,13H,3-4,6-7,9-12H2,1-2H3. The first-order valence-electron chi connectivity index (χ1n) is 9.01. The van der Waals surface area contributed by atoms with Gasteiger partial charge in [-0.2, -0.15) is 5.10 Å². The Bertz CT molecular complexity index is 765. The Morgan fingerprint density at radius 3 is 2.80 bits per heavy atom. The van der Waals surface area contributed by atoms with Crippen molar-refractivity contribution in [1.82, 2.24) is 34.3 Å². The van der Waals surface area contributed by atoms with Crippen LogP contribution < -0.4 is 0 Å². The number of hydrogen-bond acceptors (Lipinski definition) is 5. The van der Waals surface area contributed by atoms with Gasteiger partial charge in [0, 0.05) is 51.8 Å². The van der Waals surface area contributed by atoms with Crippen LogP contribution in [0.4, 0.5) is 0 Å². The summed E-state index contributed by atoms with van der Waals surface area (Å²) in [4.78, 5) is 16.9. The fraction of sp³-hybridized carbons (Fsp3) is 0.647. The number of fused-ring (bicyclic) bond motifs is 1. The summed E-state index contributed by atoms with van der Waals surface area (Å²) in [5.41, 5.74) is 0.509. The molecule has 1 saturated heterocycles. The zero-order chi connectivity index (χ0) is 17.4. The van der Waals surface area contributed by atoms with Crippen molar-refractivity contribution in [3.63, 3.8) is 0 Å². The van der Waals surface area contributed by atoms with Crippen LogP contribution >= 0.6 is 0 Å². The lowest BCUT2D eigenvalue weighted by atomic mass is 9.97. The molecule has 2 aromatic heterocycles. The number of rotatable bonds is 2. The first-order valence-corrected chi connectivity index (χ1v) is 9.01. The maximum absolute atomic E-state index is 12.7. The molecule has 2 aliphatic rings.